The van der Waals surface area contributed by atoms with Crippen LogP contribution in [-0.2, 0) is 10.3 Å². The van der Waals surface area contributed by atoms with Crippen LogP contribution in [0.4, 0.5) is 0 Å². The summed E-state index contributed by atoms with van der Waals surface area (Å²) in [6.45, 7) is 0. The predicted octanol–water partition coefficient (Wildman–Crippen LogP) is 2.92. The van der Waals surface area contributed by atoms with Gasteiger partial charge in [-0.2, -0.15) is 4.98 Å². The number of rotatable bonds is 2. The zero-order valence-corrected chi connectivity index (χ0v) is 9.59. The SMILES string of the molecule is COC1(c2noc(Cl)n2)CCCCCC1. The van der Waals surface area contributed by atoms with Crippen molar-refractivity contribution in [1.82, 2.24) is 10.1 Å². The number of hydrogen-bond acceptors (Lipinski definition) is 4. The molecule has 4 nitrogen and oxygen atoms in total. The third kappa shape index (κ3) is 2.16. The maximum absolute atomic E-state index is 5.64. The van der Waals surface area contributed by atoms with Gasteiger partial charge in [0.05, 0.1) is 0 Å². The normalized spacial score (nSPS) is 21.2. The molecular weight excluding hydrogens is 216 g/mol. The van der Waals surface area contributed by atoms with Crippen LogP contribution in [-0.4, -0.2) is 17.3 Å². The van der Waals surface area contributed by atoms with Crippen molar-refractivity contribution in [1.29, 1.82) is 0 Å². The van der Waals surface area contributed by atoms with E-state index in [0.29, 0.717) is 5.82 Å². The van der Waals surface area contributed by atoms with Crippen LogP contribution in [0.3, 0.4) is 0 Å². The molecule has 0 aliphatic heterocycles. The Morgan fingerprint density at radius 3 is 2.40 bits per heavy atom. The van der Waals surface area contributed by atoms with Gasteiger partial charge in [-0.3, -0.25) is 0 Å². The first-order chi connectivity index (χ1) is 7.27. The van der Waals surface area contributed by atoms with E-state index in [0.717, 1.165) is 25.7 Å². The molecule has 15 heavy (non-hydrogen) atoms. The molecule has 0 radical (unpaired) electrons. The second kappa shape index (κ2) is 4.49. The van der Waals surface area contributed by atoms with E-state index in [4.69, 9.17) is 20.9 Å². The second-order valence-corrected chi connectivity index (χ2v) is 4.31. The first kappa shape index (κ1) is 10.9. The summed E-state index contributed by atoms with van der Waals surface area (Å²) in [6, 6.07) is 0. The van der Waals surface area contributed by atoms with Crippen LogP contribution in [0, 0.1) is 0 Å². The topological polar surface area (TPSA) is 48.2 Å². The van der Waals surface area contributed by atoms with Gasteiger partial charge in [0.15, 0.2) is 0 Å². The number of ether oxygens (including phenoxy) is 1. The van der Waals surface area contributed by atoms with Crippen molar-refractivity contribution in [3.8, 4) is 0 Å². The van der Waals surface area contributed by atoms with Crippen LogP contribution in [0.2, 0.25) is 5.35 Å². The largest absolute Gasteiger partial charge is 0.370 e. The lowest BCUT2D eigenvalue weighted by molar-refractivity contribution is -0.0365. The lowest BCUT2D eigenvalue weighted by Crippen LogP contribution is -2.29. The minimum Gasteiger partial charge on any atom is -0.370 e. The lowest BCUT2D eigenvalue weighted by Gasteiger charge is -2.27. The zero-order chi connectivity index (χ0) is 10.7. The fourth-order valence-corrected chi connectivity index (χ4v) is 2.32. The lowest BCUT2D eigenvalue weighted by atomic mass is 9.93. The molecule has 1 fully saturated rings. The van der Waals surface area contributed by atoms with Crippen LogP contribution < -0.4 is 0 Å². The van der Waals surface area contributed by atoms with Gasteiger partial charge in [-0.05, 0) is 24.4 Å². The van der Waals surface area contributed by atoms with Gasteiger partial charge in [-0.1, -0.05) is 30.8 Å². The van der Waals surface area contributed by atoms with Gasteiger partial charge in [0.25, 0.3) is 0 Å². The molecule has 0 spiro atoms. The quantitative estimate of drug-likeness (QED) is 0.733. The summed E-state index contributed by atoms with van der Waals surface area (Å²) in [6.07, 6.45) is 6.66. The van der Waals surface area contributed by atoms with Crippen molar-refractivity contribution in [2.24, 2.45) is 0 Å². The molecule has 0 atom stereocenters. The van der Waals surface area contributed by atoms with Gasteiger partial charge < -0.3 is 9.26 Å². The van der Waals surface area contributed by atoms with E-state index in [2.05, 4.69) is 10.1 Å². The Morgan fingerprint density at radius 2 is 1.93 bits per heavy atom. The minimum absolute atomic E-state index is 0.0886. The molecule has 0 N–H and O–H groups in total. The highest BCUT2D eigenvalue weighted by molar-refractivity contribution is 6.27. The van der Waals surface area contributed by atoms with Crippen molar-refractivity contribution >= 4 is 11.6 Å². The van der Waals surface area contributed by atoms with Crippen LogP contribution in [0.15, 0.2) is 4.52 Å². The van der Waals surface area contributed by atoms with Crippen LogP contribution in [0.1, 0.15) is 44.3 Å². The molecule has 1 saturated carbocycles. The Kier molecular flexibility index (Phi) is 3.26. The molecule has 0 amide bonds. The molecule has 1 aromatic heterocycles. The summed E-state index contributed by atoms with van der Waals surface area (Å²) in [5, 5.41) is 3.97. The molecule has 0 aromatic carbocycles. The number of hydrogen-bond donors (Lipinski definition) is 0. The first-order valence-corrected chi connectivity index (χ1v) is 5.69. The van der Waals surface area contributed by atoms with Crippen molar-refractivity contribution in [3.63, 3.8) is 0 Å². The van der Waals surface area contributed by atoms with Crippen molar-refractivity contribution in [3.05, 3.63) is 11.2 Å². The van der Waals surface area contributed by atoms with E-state index < -0.39 is 0 Å². The van der Waals surface area contributed by atoms with Crippen LogP contribution in [0.25, 0.3) is 0 Å². The van der Waals surface area contributed by atoms with E-state index in [1.165, 1.54) is 12.8 Å². The first-order valence-electron chi connectivity index (χ1n) is 5.32. The number of methoxy groups -OCH3 is 1. The van der Waals surface area contributed by atoms with E-state index in [1.807, 2.05) is 0 Å². The minimum atomic E-state index is -0.382. The van der Waals surface area contributed by atoms with Gasteiger partial charge in [-0.15, -0.1) is 0 Å². The van der Waals surface area contributed by atoms with E-state index in [9.17, 15) is 0 Å². The molecule has 1 aliphatic rings. The highest BCUT2D eigenvalue weighted by atomic mass is 35.5. The monoisotopic (exact) mass is 230 g/mol. The smallest absolute Gasteiger partial charge is 0.320 e. The maximum Gasteiger partial charge on any atom is 0.320 e. The van der Waals surface area contributed by atoms with E-state index >= 15 is 0 Å². The Labute approximate surface area is 93.9 Å². The Balaban J connectivity index is 2.26. The summed E-state index contributed by atoms with van der Waals surface area (Å²) in [4.78, 5) is 4.08. The summed E-state index contributed by atoms with van der Waals surface area (Å²) in [5.41, 5.74) is -0.382. The summed E-state index contributed by atoms with van der Waals surface area (Å²) in [7, 11) is 1.70. The maximum atomic E-state index is 5.64. The number of nitrogens with zero attached hydrogens (tertiary/aromatic N) is 2. The van der Waals surface area contributed by atoms with Crippen LogP contribution in [0.5, 0.6) is 0 Å². The molecule has 1 heterocycles. The zero-order valence-electron chi connectivity index (χ0n) is 8.83. The van der Waals surface area contributed by atoms with E-state index in [-0.39, 0.29) is 11.0 Å². The summed E-state index contributed by atoms with van der Waals surface area (Å²) >= 11 is 5.64. The third-order valence-electron chi connectivity index (χ3n) is 3.11. The van der Waals surface area contributed by atoms with Gasteiger partial charge in [0, 0.05) is 7.11 Å². The summed E-state index contributed by atoms with van der Waals surface area (Å²) < 4.78 is 10.4. The molecule has 5 heteroatoms. The third-order valence-corrected chi connectivity index (χ3v) is 3.26. The standard InChI is InChI=1S/C10H15ClN2O2/c1-14-10(6-4-2-3-5-7-10)8-12-9(11)15-13-8/h2-7H2,1H3. The highest BCUT2D eigenvalue weighted by Gasteiger charge is 2.37. The number of aromatic nitrogens is 2. The molecule has 0 unspecified atom stereocenters. The average molecular weight is 231 g/mol. The van der Waals surface area contributed by atoms with Crippen molar-refractivity contribution < 1.29 is 9.26 Å². The van der Waals surface area contributed by atoms with Crippen LogP contribution >= 0.6 is 11.6 Å². The summed E-state index contributed by atoms with van der Waals surface area (Å²) in [5.74, 6) is 0.594. The molecule has 84 valence electrons. The second-order valence-electron chi connectivity index (χ2n) is 3.98. The molecule has 0 saturated heterocycles. The van der Waals surface area contributed by atoms with Gasteiger partial charge in [0.2, 0.25) is 5.82 Å². The fraction of sp³-hybridized carbons (Fsp3) is 0.800. The predicted molar refractivity (Wildman–Crippen MR) is 55.7 cm³/mol. The Bertz CT molecular complexity index is 319. The molecule has 1 aliphatic carbocycles. The van der Waals surface area contributed by atoms with Crippen molar-refractivity contribution in [2.45, 2.75) is 44.1 Å². The van der Waals surface area contributed by atoms with Gasteiger partial charge >= 0.3 is 5.35 Å². The molecule has 1 aromatic rings. The highest BCUT2D eigenvalue weighted by Crippen LogP contribution is 2.37. The van der Waals surface area contributed by atoms with Crippen molar-refractivity contribution in [2.75, 3.05) is 7.11 Å². The van der Waals surface area contributed by atoms with Gasteiger partial charge in [0.1, 0.15) is 5.60 Å². The average Bonchev–Trinajstić information content (AvgIpc) is 2.56. The fourth-order valence-electron chi connectivity index (χ4n) is 2.21. The Hall–Kier alpha value is -0.610. The van der Waals surface area contributed by atoms with Gasteiger partial charge in [-0.25, -0.2) is 0 Å². The van der Waals surface area contributed by atoms with E-state index in [1.54, 1.807) is 7.11 Å². The Morgan fingerprint density at radius 1 is 1.27 bits per heavy atom. The molecular formula is C10H15ClN2O2. The molecule has 2 rings (SSSR count). The number of halogens is 1. The molecule has 0 bridgehead atoms.